The summed E-state index contributed by atoms with van der Waals surface area (Å²) in [6, 6.07) is 9.30. The van der Waals surface area contributed by atoms with Gasteiger partial charge in [0.15, 0.2) is 6.61 Å². The van der Waals surface area contributed by atoms with Gasteiger partial charge < -0.3 is 20.0 Å². The Labute approximate surface area is 174 Å². The molecule has 0 atom stereocenters. The normalized spacial score (nSPS) is 14.1. The van der Waals surface area contributed by atoms with Crippen molar-refractivity contribution in [2.75, 3.05) is 38.1 Å². The first-order valence-electron chi connectivity index (χ1n) is 10.4. The lowest BCUT2D eigenvalue weighted by atomic mass is 10.1. The standard InChI is InChI=1S/C22H34N4O3/c1-17(2)14-26(15-18(3)4)21(27)16-29-24-20-10-12-25(13-11-20)22(28)23-19-8-6-5-7-9-19/h5-9,17-18H,10-16H2,1-4H3,(H,23,28). The predicted octanol–water partition coefficient (Wildman–Crippen LogP) is 3.83. The van der Waals surface area contributed by atoms with Gasteiger partial charge in [-0.25, -0.2) is 4.79 Å². The van der Waals surface area contributed by atoms with E-state index in [9.17, 15) is 9.59 Å². The Hall–Kier alpha value is -2.57. The second kappa shape index (κ2) is 11.4. The van der Waals surface area contributed by atoms with Crippen LogP contribution in [0.1, 0.15) is 40.5 Å². The van der Waals surface area contributed by atoms with Crippen molar-refractivity contribution in [2.24, 2.45) is 17.0 Å². The van der Waals surface area contributed by atoms with Crippen molar-refractivity contribution in [1.82, 2.24) is 9.80 Å². The van der Waals surface area contributed by atoms with Crippen LogP contribution in [-0.4, -0.2) is 60.2 Å². The Morgan fingerprint density at radius 2 is 1.66 bits per heavy atom. The number of para-hydroxylation sites is 1. The predicted molar refractivity (Wildman–Crippen MR) is 116 cm³/mol. The van der Waals surface area contributed by atoms with E-state index in [4.69, 9.17) is 4.84 Å². The molecule has 7 heteroatoms. The minimum absolute atomic E-state index is 0.0311. The maximum Gasteiger partial charge on any atom is 0.321 e. The minimum atomic E-state index is -0.107. The molecule has 1 aliphatic rings. The number of rotatable bonds is 8. The molecule has 0 saturated carbocycles. The van der Waals surface area contributed by atoms with Crippen LogP contribution in [0, 0.1) is 11.8 Å². The number of anilines is 1. The van der Waals surface area contributed by atoms with Crippen molar-refractivity contribution in [3.05, 3.63) is 30.3 Å². The van der Waals surface area contributed by atoms with Crippen LogP contribution >= 0.6 is 0 Å². The number of benzene rings is 1. The van der Waals surface area contributed by atoms with Crippen LogP contribution in [0.15, 0.2) is 35.5 Å². The fourth-order valence-corrected chi connectivity index (χ4v) is 3.21. The molecule has 0 aromatic heterocycles. The van der Waals surface area contributed by atoms with E-state index in [-0.39, 0.29) is 18.5 Å². The number of hydrogen-bond acceptors (Lipinski definition) is 4. The van der Waals surface area contributed by atoms with Crippen molar-refractivity contribution < 1.29 is 14.4 Å². The van der Waals surface area contributed by atoms with Crippen molar-refractivity contribution in [2.45, 2.75) is 40.5 Å². The zero-order valence-corrected chi connectivity index (χ0v) is 18.1. The number of amides is 3. The number of carbonyl (C=O) groups excluding carboxylic acids is 2. The van der Waals surface area contributed by atoms with Gasteiger partial charge in [0.2, 0.25) is 0 Å². The van der Waals surface area contributed by atoms with E-state index in [2.05, 4.69) is 38.2 Å². The van der Waals surface area contributed by atoms with E-state index < -0.39 is 0 Å². The molecular formula is C22H34N4O3. The van der Waals surface area contributed by atoms with E-state index >= 15 is 0 Å². The molecule has 2 rings (SSSR count). The van der Waals surface area contributed by atoms with Gasteiger partial charge in [-0.2, -0.15) is 0 Å². The van der Waals surface area contributed by atoms with Gasteiger partial charge in [-0.05, 0) is 24.0 Å². The van der Waals surface area contributed by atoms with Gasteiger partial charge in [-0.1, -0.05) is 51.0 Å². The highest BCUT2D eigenvalue weighted by Gasteiger charge is 2.21. The Kier molecular flexibility index (Phi) is 8.96. The Morgan fingerprint density at radius 3 is 2.21 bits per heavy atom. The highest BCUT2D eigenvalue weighted by molar-refractivity contribution is 5.92. The van der Waals surface area contributed by atoms with Gasteiger partial charge >= 0.3 is 6.03 Å². The maximum atomic E-state index is 12.4. The molecule has 0 radical (unpaired) electrons. The average Bonchev–Trinajstić information content (AvgIpc) is 2.68. The van der Waals surface area contributed by atoms with Crippen LogP contribution in [0.2, 0.25) is 0 Å². The van der Waals surface area contributed by atoms with Gasteiger partial charge in [-0.15, -0.1) is 0 Å². The summed E-state index contributed by atoms with van der Waals surface area (Å²) in [6.45, 7) is 11.0. The molecule has 1 heterocycles. The van der Waals surface area contributed by atoms with Crippen molar-refractivity contribution in [1.29, 1.82) is 0 Å². The van der Waals surface area contributed by atoms with Crippen LogP contribution in [0.25, 0.3) is 0 Å². The third kappa shape index (κ3) is 8.13. The lowest BCUT2D eigenvalue weighted by Crippen LogP contribution is -2.41. The van der Waals surface area contributed by atoms with Crippen LogP contribution in [0.4, 0.5) is 10.5 Å². The van der Waals surface area contributed by atoms with Gasteiger partial charge in [0.1, 0.15) is 0 Å². The molecule has 1 aliphatic heterocycles. The summed E-state index contributed by atoms with van der Waals surface area (Å²) in [5.74, 6) is 0.794. The topological polar surface area (TPSA) is 74.2 Å². The van der Waals surface area contributed by atoms with E-state index in [1.807, 2.05) is 35.2 Å². The Morgan fingerprint density at radius 1 is 1.07 bits per heavy atom. The fourth-order valence-electron chi connectivity index (χ4n) is 3.21. The first kappa shape index (κ1) is 22.7. The molecule has 0 spiro atoms. The Balaban J connectivity index is 1.75. The molecule has 1 aromatic rings. The first-order valence-corrected chi connectivity index (χ1v) is 10.4. The lowest BCUT2D eigenvalue weighted by Gasteiger charge is -2.28. The lowest BCUT2D eigenvalue weighted by molar-refractivity contribution is -0.137. The third-order valence-electron chi connectivity index (χ3n) is 4.56. The first-order chi connectivity index (χ1) is 13.8. The number of nitrogens with one attached hydrogen (secondary N) is 1. The van der Waals surface area contributed by atoms with E-state index in [0.717, 1.165) is 24.5 Å². The van der Waals surface area contributed by atoms with Crippen LogP contribution in [0.3, 0.4) is 0 Å². The molecular weight excluding hydrogens is 368 g/mol. The number of urea groups is 1. The number of piperidine rings is 1. The molecule has 0 unspecified atom stereocenters. The zero-order chi connectivity index (χ0) is 21.2. The summed E-state index contributed by atoms with van der Waals surface area (Å²) in [5.41, 5.74) is 1.67. The second-order valence-electron chi connectivity index (χ2n) is 8.30. The summed E-state index contributed by atoms with van der Waals surface area (Å²) >= 11 is 0. The van der Waals surface area contributed by atoms with Crippen molar-refractivity contribution >= 4 is 23.3 Å². The van der Waals surface area contributed by atoms with Gasteiger partial charge in [0, 0.05) is 44.7 Å². The number of carbonyl (C=O) groups is 2. The molecule has 160 valence electrons. The van der Waals surface area contributed by atoms with Crippen LogP contribution in [0.5, 0.6) is 0 Å². The van der Waals surface area contributed by atoms with Crippen LogP contribution < -0.4 is 5.32 Å². The van der Waals surface area contributed by atoms with Gasteiger partial charge in [0.05, 0.1) is 5.71 Å². The smallest absolute Gasteiger partial charge is 0.321 e. The molecule has 1 aromatic carbocycles. The largest absolute Gasteiger partial charge is 0.386 e. The minimum Gasteiger partial charge on any atom is -0.386 e. The summed E-state index contributed by atoms with van der Waals surface area (Å²) in [7, 11) is 0. The number of oxime groups is 1. The molecule has 29 heavy (non-hydrogen) atoms. The molecule has 0 aliphatic carbocycles. The number of likely N-dealkylation sites (tertiary alicyclic amines) is 1. The third-order valence-corrected chi connectivity index (χ3v) is 4.56. The molecule has 1 saturated heterocycles. The monoisotopic (exact) mass is 402 g/mol. The van der Waals surface area contributed by atoms with Gasteiger partial charge in [-0.3, -0.25) is 4.79 Å². The highest BCUT2D eigenvalue weighted by atomic mass is 16.6. The van der Waals surface area contributed by atoms with E-state index in [1.165, 1.54) is 0 Å². The summed E-state index contributed by atoms with van der Waals surface area (Å²) in [6.07, 6.45) is 1.30. The quantitative estimate of drug-likeness (QED) is 0.672. The van der Waals surface area contributed by atoms with Crippen molar-refractivity contribution in [3.63, 3.8) is 0 Å². The summed E-state index contributed by atoms with van der Waals surface area (Å²) in [5, 5.41) is 7.05. The summed E-state index contributed by atoms with van der Waals surface area (Å²) < 4.78 is 0. The number of nitrogens with zero attached hydrogens (tertiary/aromatic N) is 3. The molecule has 1 fully saturated rings. The fraction of sp³-hybridized carbons (Fsp3) is 0.591. The molecule has 1 N–H and O–H groups in total. The molecule has 0 bridgehead atoms. The van der Waals surface area contributed by atoms with Gasteiger partial charge in [0.25, 0.3) is 5.91 Å². The molecule has 7 nitrogen and oxygen atoms in total. The molecule has 3 amide bonds. The highest BCUT2D eigenvalue weighted by Crippen LogP contribution is 2.12. The summed E-state index contributed by atoms with van der Waals surface area (Å²) in [4.78, 5) is 33.7. The second-order valence-corrected chi connectivity index (χ2v) is 8.30. The van der Waals surface area contributed by atoms with Crippen molar-refractivity contribution in [3.8, 4) is 0 Å². The number of hydrogen-bond donors (Lipinski definition) is 1. The maximum absolute atomic E-state index is 12.4. The van der Waals surface area contributed by atoms with E-state index in [0.29, 0.717) is 37.8 Å². The van der Waals surface area contributed by atoms with E-state index in [1.54, 1.807) is 4.90 Å². The zero-order valence-electron chi connectivity index (χ0n) is 18.1. The average molecular weight is 403 g/mol. The Bertz CT molecular complexity index is 669. The van der Waals surface area contributed by atoms with Crippen LogP contribution in [-0.2, 0) is 9.63 Å². The SMILES string of the molecule is CC(C)CN(CC(C)C)C(=O)CON=C1CCN(C(=O)Nc2ccccc2)CC1.